The first-order valence-electron chi connectivity index (χ1n) is 15.7. The predicted octanol–water partition coefficient (Wildman–Crippen LogP) is 1.44. The van der Waals surface area contributed by atoms with E-state index in [1.165, 1.54) is 13.8 Å². The second-order valence-corrected chi connectivity index (χ2v) is 14.8. The minimum atomic E-state index is -1.29. The molecule has 7 aliphatic rings. The molecule has 4 aliphatic carbocycles. The molecule has 2 saturated heterocycles. The molecule has 0 aromatic rings. The number of hydrogen-bond acceptors (Lipinski definition) is 11. The largest absolute Gasteiger partial charge is 0.462 e. The summed E-state index contributed by atoms with van der Waals surface area (Å²) >= 11 is 0. The average molecular weight is 605 g/mol. The fraction of sp³-hybridized carbons (Fsp3) is 0.844. The molecule has 0 bridgehead atoms. The first-order valence-corrected chi connectivity index (χ1v) is 15.7. The van der Waals surface area contributed by atoms with Gasteiger partial charge in [0.05, 0.1) is 30.5 Å². The maximum Gasteiger partial charge on any atom is 0.336 e. The Morgan fingerprint density at radius 1 is 1.07 bits per heavy atom. The SMILES string of the molecule is CC(=O)O[C@H]1C[C@H]2[C@@H]([C@@H]3O[C@@H]3[C@@]3(O)C[C@@H]4O[C@@H]4[C@H](OC(C)=O)[C@]23C)[C@@H]2C[C@H](O)[C@H]([C@H](C)[C@H]3CC(C)=C(CO)C(=O)O3)[C@@]12C. The van der Waals surface area contributed by atoms with Crippen LogP contribution in [0.1, 0.15) is 67.2 Å². The highest BCUT2D eigenvalue weighted by atomic mass is 16.6. The Kier molecular flexibility index (Phi) is 6.54. The number of hydrogen-bond donors (Lipinski definition) is 3. The van der Waals surface area contributed by atoms with Crippen LogP contribution in [0.5, 0.6) is 0 Å². The quantitative estimate of drug-likeness (QED) is 0.236. The lowest BCUT2D eigenvalue weighted by molar-refractivity contribution is -0.250. The maximum atomic E-state index is 12.7. The van der Waals surface area contributed by atoms with E-state index in [0.717, 1.165) is 5.57 Å². The van der Waals surface area contributed by atoms with Crippen LogP contribution in [0.4, 0.5) is 0 Å². The zero-order valence-corrected chi connectivity index (χ0v) is 25.6. The smallest absolute Gasteiger partial charge is 0.336 e. The van der Waals surface area contributed by atoms with E-state index in [1.54, 1.807) is 0 Å². The number of esters is 3. The summed E-state index contributed by atoms with van der Waals surface area (Å²) in [6, 6.07) is 0. The van der Waals surface area contributed by atoms with E-state index in [-0.39, 0.29) is 60.1 Å². The van der Waals surface area contributed by atoms with Crippen molar-refractivity contribution in [3.63, 3.8) is 0 Å². The Morgan fingerprint density at radius 3 is 2.40 bits per heavy atom. The van der Waals surface area contributed by atoms with Crippen LogP contribution in [0.25, 0.3) is 0 Å². The topological polar surface area (TPSA) is 165 Å². The van der Waals surface area contributed by atoms with Crippen LogP contribution in [0.2, 0.25) is 0 Å². The van der Waals surface area contributed by atoms with Gasteiger partial charge in [-0.05, 0) is 43.4 Å². The van der Waals surface area contributed by atoms with E-state index in [2.05, 4.69) is 6.92 Å². The summed E-state index contributed by atoms with van der Waals surface area (Å²) in [6.45, 7) is 10.2. The van der Waals surface area contributed by atoms with E-state index in [4.69, 9.17) is 23.7 Å². The summed E-state index contributed by atoms with van der Waals surface area (Å²) < 4.78 is 30.2. The first-order chi connectivity index (χ1) is 20.2. The number of carbonyl (C=O) groups is 3. The molecule has 0 radical (unpaired) electrons. The molecule has 3 aliphatic heterocycles. The van der Waals surface area contributed by atoms with Gasteiger partial charge in [0.25, 0.3) is 0 Å². The van der Waals surface area contributed by atoms with Crippen molar-refractivity contribution in [2.75, 3.05) is 6.61 Å². The molecule has 238 valence electrons. The molecule has 3 heterocycles. The molecule has 0 aromatic carbocycles. The van der Waals surface area contributed by atoms with Gasteiger partial charge in [-0.2, -0.15) is 0 Å². The molecule has 0 aromatic heterocycles. The Morgan fingerprint density at radius 2 is 1.77 bits per heavy atom. The Hall–Kier alpha value is -2.05. The van der Waals surface area contributed by atoms with Crippen LogP contribution < -0.4 is 0 Å². The summed E-state index contributed by atoms with van der Waals surface area (Å²) in [6.07, 6.45) is -2.13. The van der Waals surface area contributed by atoms with Gasteiger partial charge in [-0.3, -0.25) is 9.59 Å². The lowest BCUT2D eigenvalue weighted by Crippen LogP contribution is -2.72. The van der Waals surface area contributed by atoms with Crippen LogP contribution in [-0.4, -0.2) is 94.3 Å². The van der Waals surface area contributed by atoms with E-state index in [9.17, 15) is 29.7 Å². The Balaban J connectivity index is 1.29. The normalized spacial score (nSPS) is 53.3. The van der Waals surface area contributed by atoms with Crippen LogP contribution in [-0.2, 0) is 38.1 Å². The minimum Gasteiger partial charge on any atom is -0.462 e. The van der Waals surface area contributed by atoms with Gasteiger partial charge in [0.15, 0.2) is 0 Å². The zero-order chi connectivity index (χ0) is 31.0. The second kappa shape index (κ2) is 9.48. The highest BCUT2D eigenvalue weighted by molar-refractivity contribution is 5.90. The van der Waals surface area contributed by atoms with Gasteiger partial charge in [0.2, 0.25) is 0 Å². The summed E-state index contributed by atoms with van der Waals surface area (Å²) in [5.74, 6) is -2.56. The van der Waals surface area contributed by atoms with Crippen molar-refractivity contribution in [3.05, 3.63) is 11.1 Å². The third-order valence-electron chi connectivity index (χ3n) is 13.1. The number of carbonyl (C=O) groups excluding carboxylic acids is 3. The third kappa shape index (κ3) is 3.87. The molecule has 0 unspecified atom stereocenters. The summed E-state index contributed by atoms with van der Waals surface area (Å²) in [4.78, 5) is 37.7. The molecule has 11 heteroatoms. The molecule has 0 amide bonds. The number of cyclic esters (lactones) is 1. The summed E-state index contributed by atoms with van der Waals surface area (Å²) in [7, 11) is 0. The van der Waals surface area contributed by atoms with Crippen molar-refractivity contribution in [2.24, 2.45) is 40.4 Å². The first kappa shape index (κ1) is 29.6. The monoisotopic (exact) mass is 604 g/mol. The van der Waals surface area contributed by atoms with Gasteiger partial charge in [-0.25, -0.2) is 4.79 Å². The number of epoxide rings is 2. The summed E-state index contributed by atoms with van der Waals surface area (Å²) in [5, 5.41) is 33.9. The molecule has 0 spiro atoms. The number of aliphatic hydroxyl groups excluding tert-OH is 2. The van der Waals surface area contributed by atoms with E-state index in [1.807, 2.05) is 20.8 Å². The minimum absolute atomic E-state index is 0.0937. The molecular weight excluding hydrogens is 560 g/mol. The number of rotatable bonds is 5. The van der Waals surface area contributed by atoms with Gasteiger partial charge < -0.3 is 39.0 Å². The van der Waals surface area contributed by atoms with Crippen molar-refractivity contribution in [1.82, 2.24) is 0 Å². The lowest BCUT2D eigenvalue weighted by atomic mass is 9.41. The molecule has 43 heavy (non-hydrogen) atoms. The molecule has 7 rings (SSSR count). The van der Waals surface area contributed by atoms with E-state index >= 15 is 0 Å². The Labute approximate surface area is 251 Å². The molecule has 4 saturated carbocycles. The Bertz CT molecular complexity index is 1280. The highest BCUT2D eigenvalue weighted by Gasteiger charge is 2.83. The highest BCUT2D eigenvalue weighted by Crippen LogP contribution is 2.74. The van der Waals surface area contributed by atoms with Gasteiger partial charge in [-0.15, -0.1) is 0 Å². The van der Waals surface area contributed by atoms with Crippen molar-refractivity contribution >= 4 is 17.9 Å². The third-order valence-corrected chi connectivity index (χ3v) is 13.1. The number of fused-ring (bicyclic) bond motifs is 9. The fourth-order valence-electron chi connectivity index (χ4n) is 11.1. The lowest BCUT2D eigenvalue weighted by Gasteiger charge is -2.63. The molecule has 11 nitrogen and oxygen atoms in total. The van der Waals surface area contributed by atoms with E-state index < -0.39 is 64.9 Å². The molecular formula is C32H44O11. The van der Waals surface area contributed by atoms with Crippen LogP contribution in [0.15, 0.2) is 11.1 Å². The maximum absolute atomic E-state index is 12.7. The molecule has 3 N–H and O–H groups in total. The van der Waals surface area contributed by atoms with Crippen molar-refractivity contribution < 1.29 is 53.4 Å². The van der Waals surface area contributed by atoms with E-state index in [0.29, 0.717) is 25.7 Å². The van der Waals surface area contributed by atoms with Crippen LogP contribution in [0, 0.1) is 40.4 Å². The average Bonchev–Trinajstić information content (AvgIpc) is 3.83. The second-order valence-electron chi connectivity index (χ2n) is 14.8. The van der Waals surface area contributed by atoms with Gasteiger partial charge in [0, 0.05) is 43.4 Å². The zero-order valence-electron chi connectivity index (χ0n) is 25.6. The number of aliphatic hydroxyl groups is 3. The number of ether oxygens (including phenoxy) is 5. The van der Waals surface area contributed by atoms with Gasteiger partial charge in [0.1, 0.15) is 36.1 Å². The molecule has 16 atom stereocenters. The van der Waals surface area contributed by atoms with Crippen molar-refractivity contribution in [2.45, 2.75) is 122 Å². The van der Waals surface area contributed by atoms with Gasteiger partial charge in [-0.1, -0.05) is 26.3 Å². The fourth-order valence-corrected chi connectivity index (χ4v) is 11.1. The van der Waals surface area contributed by atoms with Crippen LogP contribution in [0.3, 0.4) is 0 Å². The van der Waals surface area contributed by atoms with Crippen molar-refractivity contribution in [1.29, 1.82) is 0 Å². The van der Waals surface area contributed by atoms with Gasteiger partial charge >= 0.3 is 17.9 Å². The van der Waals surface area contributed by atoms with Crippen LogP contribution >= 0.6 is 0 Å². The summed E-state index contributed by atoms with van der Waals surface area (Å²) in [5.41, 5.74) is -1.88. The standard InChI is InChI=1S/C32H44O11/c1-12-7-20(42-29(37)16(12)11-33)13(2)24-19(36)8-17-23-18(9-22(30(17,24)5)39-14(3)34)31(6)27(40-15(4)35)25-21(41-25)10-32(31,38)28-26(23)43-28/h13,17-28,33,36,38H,7-11H2,1-6H3/t13-,17+,18+,19+,20-,21+,22+,23+,24+,25+,26+,27+,28+,30-,31+,32+/m1/s1. The van der Waals surface area contributed by atoms with Crippen molar-refractivity contribution in [3.8, 4) is 0 Å². The molecule has 6 fully saturated rings. The predicted molar refractivity (Wildman–Crippen MR) is 147 cm³/mol.